The van der Waals surface area contributed by atoms with Gasteiger partial charge in [-0.1, -0.05) is 39.3 Å². The second kappa shape index (κ2) is 7.66. The van der Waals surface area contributed by atoms with Crippen molar-refractivity contribution in [2.45, 2.75) is 24.8 Å². The maximum atomic E-state index is 13.2. The van der Waals surface area contributed by atoms with Gasteiger partial charge in [0, 0.05) is 30.7 Å². The zero-order valence-electron chi connectivity index (χ0n) is 15.9. The second-order valence-electron chi connectivity index (χ2n) is 7.65. The average Bonchev–Trinajstić information content (AvgIpc) is 3.12. The molecule has 1 saturated carbocycles. The summed E-state index contributed by atoms with van der Waals surface area (Å²) in [7, 11) is 0. The van der Waals surface area contributed by atoms with Crippen molar-refractivity contribution in [3.05, 3.63) is 57.7 Å². The molecule has 0 unspecified atom stereocenters. The van der Waals surface area contributed by atoms with E-state index in [2.05, 4.69) is 43.1 Å². The maximum absolute atomic E-state index is 13.2. The number of benzene rings is 1. The first-order valence-corrected chi connectivity index (χ1v) is 11.5. The molecular weight excluding hydrogens is 452 g/mol. The van der Waals surface area contributed by atoms with E-state index in [4.69, 9.17) is 4.52 Å². The van der Waals surface area contributed by atoms with Crippen LogP contribution in [0, 0.1) is 0 Å². The van der Waals surface area contributed by atoms with Gasteiger partial charge in [0.05, 0.1) is 16.8 Å². The summed E-state index contributed by atoms with van der Waals surface area (Å²) in [6, 6.07) is 12.1. The van der Waals surface area contributed by atoms with Gasteiger partial charge in [-0.25, -0.2) is 0 Å². The fourth-order valence-electron chi connectivity index (χ4n) is 3.97. The van der Waals surface area contributed by atoms with Crippen molar-refractivity contribution in [1.29, 1.82) is 0 Å². The van der Waals surface area contributed by atoms with Gasteiger partial charge in [0.2, 0.25) is 17.6 Å². The van der Waals surface area contributed by atoms with E-state index in [-0.39, 0.29) is 11.3 Å². The lowest BCUT2D eigenvalue weighted by Crippen LogP contribution is -2.51. The van der Waals surface area contributed by atoms with Crippen LogP contribution in [0.1, 0.15) is 24.3 Å². The Morgan fingerprint density at radius 2 is 2.00 bits per heavy atom. The van der Waals surface area contributed by atoms with Crippen LogP contribution >= 0.6 is 27.3 Å². The SMILES string of the molecule is O=C(N1CCN(Cc2nc(-c3cccs3)no2)CC1)C1(c2cccc(Br)c2)CC1. The van der Waals surface area contributed by atoms with Gasteiger partial charge in [-0.3, -0.25) is 9.69 Å². The number of hydrogen-bond acceptors (Lipinski definition) is 6. The van der Waals surface area contributed by atoms with E-state index >= 15 is 0 Å². The molecule has 2 fully saturated rings. The minimum absolute atomic E-state index is 0.271. The summed E-state index contributed by atoms with van der Waals surface area (Å²) >= 11 is 5.13. The van der Waals surface area contributed by atoms with Crippen LogP contribution in [0.15, 0.2) is 50.8 Å². The van der Waals surface area contributed by atoms with Gasteiger partial charge in [-0.05, 0) is 42.0 Å². The normalized spacial score (nSPS) is 18.7. The predicted octanol–water partition coefficient (Wildman–Crippen LogP) is 3.94. The first-order chi connectivity index (χ1) is 14.1. The highest BCUT2D eigenvalue weighted by Crippen LogP contribution is 2.50. The fraction of sp³-hybridized carbons (Fsp3) is 0.381. The number of carbonyl (C=O) groups is 1. The number of piperazine rings is 1. The highest BCUT2D eigenvalue weighted by atomic mass is 79.9. The molecule has 0 atom stereocenters. The summed E-state index contributed by atoms with van der Waals surface area (Å²) in [4.78, 5) is 23.1. The van der Waals surface area contributed by atoms with Crippen molar-refractivity contribution in [3.63, 3.8) is 0 Å². The van der Waals surface area contributed by atoms with E-state index in [1.165, 1.54) is 0 Å². The number of halogens is 1. The minimum atomic E-state index is -0.311. The molecule has 0 bridgehead atoms. The van der Waals surface area contributed by atoms with E-state index < -0.39 is 0 Å². The predicted molar refractivity (Wildman–Crippen MR) is 115 cm³/mol. The number of aromatic nitrogens is 2. The molecule has 1 amide bonds. The molecule has 8 heteroatoms. The van der Waals surface area contributed by atoms with Crippen molar-refractivity contribution in [2.75, 3.05) is 26.2 Å². The zero-order chi connectivity index (χ0) is 19.8. The van der Waals surface area contributed by atoms with E-state index in [0.29, 0.717) is 18.3 Å². The van der Waals surface area contributed by atoms with Crippen LogP contribution in [0.4, 0.5) is 0 Å². The molecular formula is C21H21BrN4O2S. The summed E-state index contributed by atoms with van der Waals surface area (Å²) in [5.41, 5.74) is 0.819. The Balaban J connectivity index is 1.19. The number of rotatable bonds is 5. The highest BCUT2D eigenvalue weighted by molar-refractivity contribution is 9.10. The van der Waals surface area contributed by atoms with Crippen LogP contribution in [0.5, 0.6) is 0 Å². The quantitative estimate of drug-likeness (QED) is 0.562. The molecule has 1 saturated heterocycles. The average molecular weight is 473 g/mol. The van der Waals surface area contributed by atoms with Crippen molar-refractivity contribution in [1.82, 2.24) is 19.9 Å². The van der Waals surface area contributed by atoms with Crippen molar-refractivity contribution < 1.29 is 9.32 Å². The molecule has 1 aliphatic carbocycles. The summed E-state index contributed by atoms with van der Waals surface area (Å²) in [5, 5.41) is 6.08. The molecule has 29 heavy (non-hydrogen) atoms. The van der Waals surface area contributed by atoms with Gasteiger partial charge in [0.1, 0.15) is 0 Å². The molecule has 2 aromatic heterocycles. The van der Waals surface area contributed by atoms with Gasteiger partial charge < -0.3 is 9.42 Å². The molecule has 5 rings (SSSR count). The molecule has 150 valence electrons. The largest absolute Gasteiger partial charge is 0.339 e. The van der Waals surface area contributed by atoms with Crippen LogP contribution in [-0.2, 0) is 16.8 Å². The van der Waals surface area contributed by atoms with E-state index in [1.54, 1.807) is 11.3 Å². The number of nitrogens with zero attached hydrogens (tertiary/aromatic N) is 4. The van der Waals surface area contributed by atoms with E-state index in [9.17, 15) is 4.79 Å². The maximum Gasteiger partial charge on any atom is 0.241 e. The first-order valence-electron chi connectivity index (χ1n) is 9.78. The standard InChI is InChI=1S/C21H21BrN4O2S/c22-16-4-1-3-15(13-16)21(6-7-21)20(27)26-10-8-25(9-11-26)14-18-23-19(24-28-18)17-5-2-12-29-17/h1-5,12-13H,6-11,14H2. The van der Waals surface area contributed by atoms with Crippen molar-refractivity contribution >= 4 is 33.2 Å². The number of amides is 1. The molecule has 0 radical (unpaired) electrons. The smallest absolute Gasteiger partial charge is 0.241 e. The Kier molecular flexibility index (Phi) is 5.01. The van der Waals surface area contributed by atoms with Gasteiger partial charge in [-0.2, -0.15) is 4.98 Å². The van der Waals surface area contributed by atoms with Crippen molar-refractivity contribution in [2.24, 2.45) is 0 Å². The lowest BCUT2D eigenvalue weighted by molar-refractivity contribution is -0.135. The topological polar surface area (TPSA) is 62.5 Å². The van der Waals surface area contributed by atoms with Gasteiger partial charge in [-0.15, -0.1) is 11.3 Å². The molecule has 2 aliphatic rings. The number of carbonyl (C=O) groups excluding carboxylic acids is 1. The Labute approximate surface area is 181 Å². The van der Waals surface area contributed by atoms with E-state index in [1.807, 2.05) is 34.5 Å². The molecule has 0 spiro atoms. The molecule has 1 aromatic carbocycles. The van der Waals surface area contributed by atoms with Crippen LogP contribution in [-0.4, -0.2) is 52.0 Å². The van der Waals surface area contributed by atoms with E-state index in [0.717, 1.165) is 53.9 Å². The summed E-state index contributed by atoms with van der Waals surface area (Å²) in [6.45, 7) is 3.73. The Hall–Kier alpha value is -2.03. The zero-order valence-corrected chi connectivity index (χ0v) is 18.3. The van der Waals surface area contributed by atoms with Gasteiger partial charge in [0.25, 0.3) is 0 Å². The monoisotopic (exact) mass is 472 g/mol. The third-order valence-corrected chi connectivity index (χ3v) is 7.12. The molecule has 6 nitrogen and oxygen atoms in total. The molecule has 3 heterocycles. The Morgan fingerprint density at radius 1 is 1.17 bits per heavy atom. The van der Waals surface area contributed by atoms with Crippen LogP contribution in [0.3, 0.4) is 0 Å². The lowest BCUT2D eigenvalue weighted by Gasteiger charge is -2.36. The van der Waals surface area contributed by atoms with Crippen LogP contribution in [0.25, 0.3) is 10.7 Å². The Morgan fingerprint density at radius 3 is 2.69 bits per heavy atom. The number of hydrogen-bond donors (Lipinski definition) is 0. The molecule has 3 aromatic rings. The Bertz CT molecular complexity index is 1010. The van der Waals surface area contributed by atoms with Crippen LogP contribution in [0.2, 0.25) is 0 Å². The molecule has 1 aliphatic heterocycles. The summed E-state index contributed by atoms with van der Waals surface area (Å²) < 4.78 is 6.45. The van der Waals surface area contributed by atoms with Gasteiger partial charge in [0.15, 0.2) is 0 Å². The van der Waals surface area contributed by atoms with Crippen molar-refractivity contribution in [3.8, 4) is 10.7 Å². The highest BCUT2D eigenvalue weighted by Gasteiger charge is 2.53. The third kappa shape index (κ3) is 3.76. The van der Waals surface area contributed by atoms with Gasteiger partial charge >= 0.3 is 0 Å². The van der Waals surface area contributed by atoms with Crippen LogP contribution < -0.4 is 0 Å². The lowest BCUT2D eigenvalue weighted by atomic mass is 9.94. The first kappa shape index (κ1) is 19.0. The fourth-order valence-corrected chi connectivity index (χ4v) is 5.01. The summed E-state index contributed by atoms with van der Waals surface area (Å²) in [5.74, 6) is 1.54. The molecule has 0 N–H and O–H groups in total. The minimum Gasteiger partial charge on any atom is -0.339 e. The summed E-state index contributed by atoms with van der Waals surface area (Å²) in [6.07, 6.45) is 1.88. The number of thiophene rings is 1. The second-order valence-corrected chi connectivity index (χ2v) is 9.51. The third-order valence-electron chi connectivity index (χ3n) is 5.76.